The van der Waals surface area contributed by atoms with E-state index in [-0.39, 0.29) is 29.2 Å². The summed E-state index contributed by atoms with van der Waals surface area (Å²) in [6.07, 6.45) is 1.51. The van der Waals surface area contributed by atoms with Gasteiger partial charge in [0, 0.05) is 17.1 Å². The Hall–Kier alpha value is -3.90. The van der Waals surface area contributed by atoms with Gasteiger partial charge in [-0.2, -0.15) is 0 Å². The Bertz CT molecular complexity index is 1590. The van der Waals surface area contributed by atoms with Gasteiger partial charge in [-0.15, -0.1) is 0 Å². The molecule has 36 heavy (non-hydrogen) atoms. The Morgan fingerprint density at radius 1 is 0.917 bits per heavy atom. The molecule has 2 aliphatic heterocycles. The van der Waals surface area contributed by atoms with Gasteiger partial charge in [-0.25, -0.2) is 0 Å². The first-order valence-corrected chi connectivity index (χ1v) is 12.4. The highest BCUT2D eigenvalue weighted by atomic mass is 35.5. The zero-order valence-electron chi connectivity index (χ0n) is 19.7. The standard InChI is InChI=1S/C29H23ClN2O4/c1-2-3-16-32-27(34)26-24(25(33)20-8-4-7-11-23(20)36-26)29(32)21-9-5-6-10-22(21)31(28(29)35)17-18-12-14-19(30)15-13-18/h4-15H,2-3,16-17H2,1H3. The number of anilines is 1. The zero-order valence-corrected chi connectivity index (χ0v) is 20.4. The summed E-state index contributed by atoms with van der Waals surface area (Å²) >= 11 is 6.07. The third-order valence-corrected chi connectivity index (χ3v) is 7.38. The minimum Gasteiger partial charge on any atom is -0.450 e. The fourth-order valence-corrected chi connectivity index (χ4v) is 5.61. The van der Waals surface area contributed by atoms with E-state index in [2.05, 4.69) is 0 Å². The number of fused-ring (bicyclic) bond motifs is 5. The third kappa shape index (κ3) is 3.00. The van der Waals surface area contributed by atoms with Gasteiger partial charge in [-0.3, -0.25) is 14.4 Å². The van der Waals surface area contributed by atoms with Gasteiger partial charge < -0.3 is 14.2 Å². The molecule has 0 fully saturated rings. The van der Waals surface area contributed by atoms with Crippen molar-refractivity contribution >= 4 is 40.1 Å². The minimum atomic E-state index is -1.57. The number of carbonyl (C=O) groups excluding carboxylic acids is 2. The topological polar surface area (TPSA) is 70.8 Å². The number of hydrogen-bond acceptors (Lipinski definition) is 4. The van der Waals surface area contributed by atoms with E-state index in [0.29, 0.717) is 40.2 Å². The van der Waals surface area contributed by atoms with Crippen LogP contribution >= 0.6 is 11.6 Å². The minimum absolute atomic E-state index is 0.0497. The smallest absolute Gasteiger partial charge is 0.291 e. The summed E-state index contributed by atoms with van der Waals surface area (Å²) in [4.78, 5) is 45.6. The summed E-state index contributed by atoms with van der Waals surface area (Å²) in [6.45, 7) is 2.62. The summed E-state index contributed by atoms with van der Waals surface area (Å²) in [5.74, 6) is -0.812. The van der Waals surface area contributed by atoms with Crippen LogP contribution in [0.2, 0.25) is 5.02 Å². The van der Waals surface area contributed by atoms with E-state index in [1.807, 2.05) is 43.3 Å². The SMILES string of the molecule is CCCCN1C(=O)c2oc3ccccc3c(=O)c2C12C(=O)N(Cc1ccc(Cl)cc1)c1ccccc12. The van der Waals surface area contributed by atoms with Crippen LogP contribution in [0.25, 0.3) is 11.0 Å². The van der Waals surface area contributed by atoms with Crippen molar-refractivity contribution in [2.75, 3.05) is 11.4 Å². The van der Waals surface area contributed by atoms with Gasteiger partial charge in [0.1, 0.15) is 5.58 Å². The predicted octanol–water partition coefficient (Wildman–Crippen LogP) is 5.49. The van der Waals surface area contributed by atoms with Crippen LogP contribution in [0, 0.1) is 0 Å². The molecule has 1 spiro atoms. The fraction of sp³-hybridized carbons (Fsp3) is 0.207. The molecule has 2 aliphatic rings. The molecule has 3 aromatic carbocycles. The summed E-state index contributed by atoms with van der Waals surface area (Å²) in [5.41, 5.74) is 0.694. The van der Waals surface area contributed by atoms with E-state index < -0.39 is 11.4 Å². The first-order chi connectivity index (χ1) is 17.5. The molecule has 1 aromatic heterocycles. The molecule has 0 radical (unpaired) electrons. The van der Waals surface area contributed by atoms with Gasteiger partial charge in [-0.1, -0.05) is 67.4 Å². The zero-order chi connectivity index (χ0) is 25.0. The van der Waals surface area contributed by atoms with Gasteiger partial charge >= 0.3 is 0 Å². The molecule has 6 nitrogen and oxygen atoms in total. The molecule has 1 unspecified atom stereocenters. The maximum absolute atomic E-state index is 14.6. The van der Waals surface area contributed by atoms with Gasteiger partial charge in [-0.05, 0) is 42.3 Å². The summed E-state index contributed by atoms with van der Waals surface area (Å²) < 4.78 is 6.05. The van der Waals surface area contributed by atoms with E-state index in [9.17, 15) is 14.4 Å². The third-order valence-electron chi connectivity index (χ3n) is 7.13. The second kappa shape index (κ2) is 8.35. The van der Waals surface area contributed by atoms with E-state index >= 15 is 0 Å². The molecule has 0 saturated carbocycles. The monoisotopic (exact) mass is 498 g/mol. The molecule has 0 saturated heterocycles. The molecule has 0 N–H and O–H groups in total. The Morgan fingerprint density at radius 3 is 2.42 bits per heavy atom. The first kappa shape index (κ1) is 22.6. The first-order valence-electron chi connectivity index (χ1n) is 12.0. The number of nitrogens with zero attached hydrogens (tertiary/aromatic N) is 2. The van der Waals surface area contributed by atoms with Gasteiger partial charge in [0.2, 0.25) is 5.76 Å². The molecule has 1 atom stereocenters. The lowest BCUT2D eigenvalue weighted by Crippen LogP contribution is -2.53. The maximum Gasteiger partial charge on any atom is 0.291 e. The highest BCUT2D eigenvalue weighted by Crippen LogP contribution is 2.52. The molecular formula is C29H23ClN2O4. The lowest BCUT2D eigenvalue weighted by molar-refractivity contribution is -0.126. The summed E-state index contributed by atoms with van der Waals surface area (Å²) in [7, 11) is 0. The van der Waals surface area contributed by atoms with E-state index in [4.69, 9.17) is 16.0 Å². The highest BCUT2D eigenvalue weighted by molar-refractivity contribution is 6.30. The number of unbranched alkanes of at least 4 members (excludes halogenated alkanes) is 1. The van der Waals surface area contributed by atoms with Gasteiger partial charge in [0.15, 0.2) is 11.0 Å². The van der Waals surface area contributed by atoms with Crippen molar-refractivity contribution in [1.29, 1.82) is 0 Å². The normalized spacial score (nSPS) is 18.4. The molecule has 180 valence electrons. The maximum atomic E-state index is 14.6. The van der Waals surface area contributed by atoms with E-state index in [1.54, 1.807) is 46.2 Å². The van der Waals surface area contributed by atoms with Crippen molar-refractivity contribution in [2.24, 2.45) is 0 Å². The Balaban J connectivity index is 1.63. The van der Waals surface area contributed by atoms with Crippen molar-refractivity contribution in [3.63, 3.8) is 0 Å². The Kier molecular flexibility index (Phi) is 5.23. The molecule has 7 heteroatoms. The van der Waals surface area contributed by atoms with Crippen molar-refractivity contribution in [3.8, 4) is 0 Å². The molecule has 4 aromatic rings. The molecule has 3 heterocycles. The average molecular weight is 499 g/mol. The lowest BCUT2D eigenvalue weighted by Gasteiger charge is -2.34. The van der Waals surface area contributed by atoms with Crippen LogP contribution in [-0.2, 0) is 16.9 Å². The lowest BCUT2D eigenvalue weighted by atomic mass is 9.84. The van der Waals surface area contributed by atoms with Crippen LogP contribution in [0.5, 0.6) is 0 Å². The molecule has 2 amide bonds. The van der Waals surface area contributed by atoms with E-state index in [0.717, 1.165) is 12.0 Å². The number of halogens is 1. The van der Waals surface area contributed by atoms with E-state index in [1.165, 1.54) is 0 Å². The molecular weight excluding hydrogens is 476 g/mol. The predicted molar refractivity (Wildman–Crippen MR) is 138 cm³/mol. The number of para-hydroxylation sites is 2. The van der Waals surface area contributed by atoms with Crippen LogP contribution < -0.4 is 10.3 Å². The Labute approximate surface area is 212 Å². The second-order valence-electron chi connectivity index (χ2n) is 9.19. The van der Waals surface area contributed by atoms with Gasteiger partial charge in [0.05, 0.1) is 23.2 Å². The quantitative estimate of drug-likeness (QED) is 0.364. The van der Waals surface area contributed by atoms with Gasteiger partial charge in [0.25, 0.3) is 11.8 Å². The van der Waals surface area contributed by atoms with Crippen LogP contribution in [0.1, 0.15) is 47.0 Å². The number of carbonyl (C=O) groups is 2. The van der Waals surface area contributed by atoms with Crippen LogP contribution in [0.4, 0.5) is 5.69 Å². The van der Waals surface area contributed by atoms with Crippen LogP contribution in [0.3, 0.4) is 0 Å². The molecule has 0 bridgehead atoms. The fourth-order valence-electron chi connectivity index (χ4n) is 5.48. The largest absolute Gasteiger partial charge is 0.450 e. The number of rotatable bonds is 5. The number of benzene rings is 3. The van der Waals surface area contributed by atoms with Crippen LogP contribution in [-0.4, -0.2) is 23.3 Å². The summed E-state index contributed by atoms with van der Waals surface area (Å²) in [5, 5.41) is 0.955. The number of hydrogen-bond donors (Lipinski definition) is 0. The Morgan fingerprint density at radius 2 is 1.64 bits per heavy atom. The number of amides is 2. The summed E-state index contributed by atoms with van der Waals surface area (Å²) in [6, 6.07) is 21.5. The average Bonchev–Trinajstić information content (AvgIpc) is 3.29. The highest BCUT2D eigenvalue weighted by Gasteiger charge is 2.64. The molecule has 6 rings (SSSR count). The second-order valence-corrected chi connectivity index (χ2v) is 9.62. The van der Waals surface area contributed by atoms with Crippen molar-refractivity contribution in [3.05, 3.63) is 110 Å². The van der Waals surface area contributed by atoms with Crippen LogP contribution in [0.15, 0.2) is 82.0 Å². The van der Waals surface area contributed by atoms with Crippen molar-refractivity contribution < 1.29 is 14.0 Å². The van der Waals surface area contributed by atoms with Crippen molar-refractivity contribution in [1.82, 2.24) is 4.90 Å². The van der Waals surface area contributed by atoms with Crippen molar-refractivity contribution in [2.45, 2.75) is 31.8 Å². The molecule has 0 aliphatic carbocycles.